The highest BCUT2D eigenvalue weighted by atomic mass is 16.5. The number of nitrogens with one attached hydrogen (secondary N) is 1. The van der Waals surface area contributed by atoms with E-state index in [0.717, 1.165) is 39.0 Å². The molecule has 3 amide bonds. The van der Waals surface area contributed by atoms with Crippen molar-refractivity contribution in [2.75, 3.05) is 39.9 Å². The predicted octanol–water partition coefficient (Wildman–Crippen LogP) is -0.351. The van der Waals surface area contributed by atoms with Gasteiger partial charge in [-0.3, -0.25) is 4.79 Å². The molecule has 2 aliphatic rings. The molecule has 2 fully saturated rings. The zero-order chi connectivity index (χ0) is 12.3. The van der Waals surface area contributed by atoms with Gasteiger partial charge in [0.25, 0.3) is 0 Å². The SMILES string of the molecule is COCC(=O)N1CCC(N2CCNC2=O)CC1. The monoisotopic (exact) mass is 241 g/mol. The van der Waals surface area contributed by atoms with Crippen LogP contribution >= 0.6 is 0 Å². The van der Waals surface area contributed by atoms with Crippen molar-refractivity contribution in [1.82, 2.24) is 15.1 Å². The van der Waals surface area contributed by atoms with Gasteiger partial charge in [-0.1, -0.05) is 0 Å². The molecule has 17 heavy (non-hydrogen) atoms. The van der Waals surface area contributed by atoms with Crippen LogP contribution in [0.15, 0.2) is 0 Å². The average Bonchev–Trinajstić information content (AvgIpc) is 2.76. The maximum absolute atomic E-state index is 11.6. The average molecular weight is 241 g/mol. The predicted molar refractivity (Wildman–Crippen MR) is 61.6 cm³/mol. The van der Waals surface area contributed by atoms with Crippen molar-refractivity contribution >= 4 is 11.9 Å². The Balaban J connectivity index is 1.81. The van der Waals surface area contributed by atoms with E-state index in [-0.39, 0.29) is 24.6 Å². The lowest BCUT2D eigenvalue weighted by atomic mass is 10.0. The Morgan fingerprint density at radius 1 is 1.41 bits per heavy atom. The summed E-state index contributed by atoms with van der Waals surface area (Å²) in [6.07, 6.45) is 1.73. The third kappa shape index (κ3) is 2.69. The molecule has 0 atom stereocenters. The number of hydrogen-bond acceptors (Lipinski definition) is 3. The number of ether oxygens (including phenoxy) is 1. The summed E-state index contributed by atoms with van der Waals surface area (Å²) in [6.45, 7) is 3.11. The number of urea groups is 1. The van der Waals surface area contributed by atoms with Crippen molar-refractivity contribution < 1.29 is 14.3 Å². The number of carbonyl (C=O) groups is 2. The number of amides is 3. The van der Waals surface area contributed by atoms with Gasteiger partial charge >= 0.3 is 6.03 Å². The molecule has 0 aromatic heterocycles. The minimum Gasteiger partial charge on any atom is -0.375 e. The molecule has 0 aromatic carbocycles. The third-order valence-corrected chi connectivity index (χ3v) is 3.42. The fraction of sp³-hybridized carbons (Fsp3) is 0.818. The number of rotatable bonds is 3. The van der Waals surface area contributed by atoms with Crippen LogP contribution in [0.1, 0.15) is 12.8 Å². The first-order chi connectivity index (χ1) is 8.22. The molecule has 0 unspecified atom stereocenters. The van der Waals surface area contributed by atoms with E-state index in [1.807, 2.05) is 9.80 Å². The standard InChI is InChI=1S/C11H19N3O3/c1-17-8-10(15)13-5-2-9(3-6-13)14-7-4-12-11(14)16/h9H,2-8H2,1H3,(H,12,16). The Morgan fingerprint density at radius 2 is 2.12 bits per heavy atom. The Bertz CT molecular complexity index is 300. The van der Waals surface area contributed by atoms with Crippen LogP contribution in [0.25, 0.3) is 0 Å². The molecule has 0 bridgehead atoms. The Kier molecular flexibility index (Phi) is 3.83. The topological polar surface area (TPSA) is 61.9 Å². The third-order valence-electron chi connectivity index (χ3n) is 3.42. The van der Waals surface area contributed by atoms with Crippen molar-refractivity contribution in [3.8, 4) is 0 Å². The van der Waals surface area contributed by atoms with Crippen LogP contribution in [-0.2, 0) is 9.53 Å². The quantitative estimate of drug-likeness (QED) is 0.734. The van der Waals surface area contributed by atoms with Gasteiger partial charge in [0.15, 0.2) is 0 Å². The minimum absolute atomic E-state index is 0.0340. The van der Waals surface area contributed by atoms with Crippen molar-refractivity contribution in [3.05, 3.63) is 0 Å². The van der Waals surface area contributed by atoms with E-state index in [2.05, 4.69) is 5.32 Å². The summed E-state index contributed by atoms with van der Waals surface area (Å²) in [5.41, 5.74) is 0. The highest BCUT2D eigenvalue weighted by Gasteiger charge is 2.31. The molecule has 2 saturated heterocycles. The molecule has 1 N–H and O–H groups in total. The highest BCUT2D eigenvalue weighted by molar-refractivity contribution is 5.78. The number of hydrogen-bond donors (Lipinski definition) is 1. The maximum Gasteiger partial charge on any atom is 0.317 e. The summed E-state index contributed by atoms with van der Waals surface area (Å²) < 4.78 is 4.83. The number of piperidine rings is 1. The van der Waals surface area contributed by atoms with Crippen molar-refractivity contribution in [3.63, 3.8) is 0 Å². The molecule has 2 heterocycles. The Labute approximate surface area is 101 Å². The molecule has 0 radical (unpaired) electrons. The zero-order valence-corrected chi connectivity index (χ0v) is 10.1. The molecule has 0 saturated carbocycles. The summed E-state index contributed by atoms with van der Waals surface area (Å²) in [6, 6.07) is 0.316. The summed E-state index contributed by atoms with van der Waals surface area (Å²) >= 11 is 0. The number of nitrogens with zero attached hydrogens (tertiary/aromatic N) is 2. The van der Waals surface area contributed by atoms with Crippen LogP contribution in [0.3, 0.4) is 0 Å². The molecule has 96 valence electrons. The zero-order valence-electron chi connectivity index (χ0n) is 10.1. The number of carbonyl (C=O) groups excluding carboxylic acids is 2. The van der Waals surface area contributed by atoms with Gasteiger partial charge in [0.1, 0.15) is 6.61 Å². The minimum atomic E-state index is 0.0340. The molecular weight excluding hydrogens is 222 g/mol. The van der Waals surface area contributed by atoms with Gasteiger partial charge in [-0.05, 0) is 12.8 Å². The summed E-state index contributed by atoms with van der Waals surface area (Å²) in [5.74, 6) is 0.0387. The maximum atomic E-state index is 11.6. The second kappa shape index (κ2) is 5.35. The number of likely N-dealkylation sites (tertiary alicyclic amines) is 1. The Morgan fingerprint density at radius 3 is 2.65 bits per heavy atom. The molecule has 6 nitrogen and oxygen atoms in total. The van der Waals surface area contributed by atoms with E-state index in [0.29, 0.717) is 0 Å². The molecule has 2 rings (SSSR count). The first-order valence-electron chi connectivity index (χ1n) is 6.03. The van der Waals surface area contributed by atoms with E-state index in [9.17, 15) is 9.59 Å². The van der Waals surface area contributed by atoms with Crippen LogP contribution in [0.2, 0.25) is 0 Å². The van der Waals surface area contributed by atoms with Crippen molar-refractivity contribution in [1.29, 1.82) is 0 Å². The molecule has 2 aliphatic heterocycles. The second-order valence-electron chi connectivity index (χ2n) is 4.47. The van der Waals surface area contributed by atoms with Crippen LogP contribution in [0.5, 0.6) is 0 Å². The Hall–Kier alpha value is -1.30. The summed E-state index contributed by atoms with van der Waals surface area (Å²) in [4.78, 5) is 26.8. The van der Waals surface area contributed by atoms with Gasteiger partial charge in [-0.25, -0.2) is 4.79 Å². The summed E-state index contributed by atoms with van der Waals surface area (Å²) in [5, 5.41) is 2.81. The van der Waals surface area contributed by atoms with E-state index >= 15 is 0 Å². The lowest BCUT2D eigenvalue weighted by Crippen LogP contribution is -2.48. The fourth-order valence-electron chi connectivity index (χ4n) is 2.48. The number of methoxy groups -OCH3 is 1. The van der Waals surface area contributed by atoms with Gasteiger partial charge in [0, 0.05) is 39.3 Å². The molecular formula is C11H19N3O3. The lowest BCUT2D eigenvalue weighted by Gasteiger charge is -2.36. The first-order valence-corrected chi connectivity index (χ1v) is 6.03. The van der Waals surface area contributed by atoms with Gasteiger partial charge in [-0.2, -0.15) is 0 Å². The van der Waals surface area contributed by atoms with Crippen molar-refractivity contribution in [2.45, 2.75) is 18.9 Å². The lowest BCUT2D eigenvalue weighted by molar-refractivity contribution is -0.136. The van der Waals surface area contributed by atoms with E-state index in [1.54, 1.807) is 0 Å². The largest absolute Gasteiger partial charge is 0.375 e. The van der Waals surface area contributed by atoms with Crippen LogP contribution in [0.4, 0.5) is 4.79 Å². The van der Waals surface area contributed by atoms with Gasteiger partial charge in [0.2, 0.25) is 5.91 Å². The van der Waals surface area contributed by atoms with Crippen LogP contribution < -0.4 is 5.32 Å². The normalized spacial score (nSPS) is 21.8. The molecule has 0 aromatic rings. The van der Waals surface area contributed by atoms with Crippen LogP contribution in [0, 0.1) is 0 Å². The molecule has 0 spiro atoms. The van der Waals surface area contributed by atoms with Crippen molar-refractivity contribution in [2.24, 2.45) is 0 Å². The van der Waals surface area contributed by atoms with Gasteiger partial charge in [-0.15, -0.1) is 0 Å². The summed E-state index contributed by atoms with van der Waals surface area (Å²) in [7, 11) is 1.53. The smallest absolute Gasteiger partial charge is 0.317 e. The van der Waals surface area contributed by atoms with E-state index in [4.69, 9.17) is 4.74 Å². The van der Waals surface area contributed by atoms with E-state index in [1.165, 1.54) is 7.11 Å². The van der Waals surface area contributed by atoms with E-state index < -0.39 is 0 Å². The molecule has 6 heteroatoms. The van der Waals surface area contributed by atoms with Crippen LogP contribution in [-0.4, -0.2) is 67.7 Å². The highest BCUT2D eigenvalue weighted by Crippen LogP contribution is 2.18. The van der Waals surface area contributed by atoms with Gasteiger partial charge < -0.3 is 19.9 Å². The second-order valence-corrected chi connectivity index (χ2v) is 4.47. The van der Waals surface area contributed by atoms with Gasteiger partial charge in [0.05, 0.1) is 0 Å². The first kappa shape index (κ1) is 12.2. The molecule has 0 aliphatic carbocycles. The fourth-order valence-corrected chi connectivity index (χ4v) is 2.48.